The van der Waals surface area contributed by atoms with Crippen LogP contribution in [0.1, 0.15) is 72.6 Å². The summed E-state index contributed by atoms with van der Waals surface area (Å²) in [6.45, 7) is 13.2. The Kier molecular flexibility index (Phi) is 5.48. The van der Waals surface area contributed by atoms with Crippen LogP contribution in [0, 0.1) is 5.92 Å². The average Bonchev–Trinajstić information content (AvgIpc) is 3.06. The summed E-state index contributed by atoms with van der Waals surface area (Å²) in [5.41, 5.74) is 4.53. The molecule has 3 atom stereocenters. The van der Waals surface area contributed by atoms with E-state index in [1.54, 1.807) is 0 Å². The van der Waals surface area contributed by atoms with Crippen LogP contribution < -0.4 is 0 Å². The summed E-state index contributed by atoms with van der Waals surface area (Å²) in [4.78, 5) is 0. The Morgan fingerprint density at radius 1 is 1.19 bits per heavy atom. The molecule has 0 spiro atoms. The third-order valence-electron chi connectivity index (χ3n) is 5.30. The highest BCUT2D eigenvalue weighted by Crippen LogP contribution is 2.43. The molecule has 0 aromatic carbocycles. The maximum atomic E-state index is 5.95. The lowest BCUT2D eigenvalue weighted by molar-refractivity contribution is 0.295. The van der Waals surface area contributed by atoms with Gasteiger partial charge in [-0.25, -0.2) is 0 Å². The molecule has 1 saturated heterocycles. The largest absolute Gasteiger partial charge is 0.366 e. The fourth-order valence-electron chi connectivity index (χ4n) is 3.35. The van der Waals surface area contributed by atoms with E-state index >= 15 is 0 Å². The number of epoxide rings is 1. The van der Waals surface area contributed by atoms with Crippen LogP contribution >= 0.6 is 0 Å². The summed E-state index contributed by atoms with van der Waals surface area (Å²) in [7, 11) is 0. The van der Waals surface area contributed by atoms with Crippen LogP contribution in [0.15, 0.2) is 35.5 Å². The van der Waals surface area contributed by atoms with Gasteiger partial charge in [-0.2, -0.15) is 0 Å². The van der Waals surface area contributed by atoms with E-state index in [1.807, 2.05) is 0 Å². The lowest BCUT2D eigenvalue weighted by Gasteiger charge is -2.16. The van der Waals surface area contributed by atoms with Gasteiger partial charge in [0, 0.05) is 0 Å². The van der Waals surface area contributed by atoms with Gasteiger partial charge in [-0.1, -0.05) is 35.5 Å². The smallest absolute Gasteiger partial charge is 0.0923 e. The van der Waals surface area contributed by atoms with Gasteiger partial charge in [0.2, 0.25) is 0 Å². The molecule has 1 aliphatic heterocycles. The topological polar surface area (TPSA) is 12.5 Å². The SMILES string of the molecule is C=C(C)C1CC=C(C)CCC2OC2(C)CCC=C(C)CC1. The van der Waals surface area contributed by atoms with Crippen LogP contribution in [-0.2, 0) is 4.74 Å². The van der Waals surface area contributed by atoms with E-state index in [-0.39, 0.29) is 5.60 Å². The molecule has 0 aromatic rings. The second kappa shape index (κ2) is 6.96. The lowest BCUT2D eigenvalue weighted by atomic mass is 9.89. The van der Waals surface area contributed by atoms with Gasteiger partial charge in [-0.15, -0.1) is 0 Å². The maximum Gasteiger partial charge on any atom is 0.0923 e. The summed E-state index contributed by atoms with van der Waals surface area (Å²) in [5.74, 6) is 0.633. The fraction of sp³-hybridized carbons (Fsp3) is 0.700. The molecule has 2 aliphatic rings. The molecule has 1 heteroatoms. The number of allylic oxidation sites excluding steroid dienone is 5. The molecule has 2 rings (SSSR count). The fourth-order valence-corrected chi connectivity index (χ4v) is 3.35. The van der Waals surface area contributed by atoms with Crippen molar-refractivity contribution < 1.29 is 4.74 Å². The highest BCUT2D eigenvalue weighted by atomic mass is 16.6. The van der Waals surface area contributed by atoms with Crippen molar-refractivity contribution in [1.29, 1.82) is 0 Å². The maximum absolute atomic E-state index is 5.95. The summed E-state index contributed by atoms with van der Waals surface area (Å²) in [5, 5.41) is 0. The Bertz CT molecular complexity index is 443. The van der Waals surface area contributed by atoms with Crippen molar-refractivity contribution in [2.24, 2.45) is 5.92 Å². The van der Waals surface area contributed by atoms with Gasteiger partial charge in [0.1, 0.15) is 0 Å². The molecule has 0 radical (unpaired) electrons. The van der Waals surface area contributed by atoms with Gasteiger partial charge < -0.3 is 4.74 Å². The molecule has 0 bridgehead atoms. The third kappa shape index (κ3) is 4.85. The van der Waals surface area contributed by atoms with Crippen molar-refractivity contribution in [1.82, 2.24) is 0 Å². The zero-order chi connectivity index (χ0) is 15.5. The minimum absolute atomic E-state index is 0.154. The Morgan fingerprint density at radius 3 is 2.57 bits per heavy atom. The van der Waals surface area contributed by atoms with Gasteiger partial charge in [0.25, 0.3) is 0 Å². The first-order valence-electron chi connectivity index (χ1n) is 8.55. The van der Waals surface area contributed by atoms with E-state index < -0.39 is 0 Å². The first kappa shape index (κ1) is 16.5. The van der Waals surface area contributed by atoms with Gasteiger partial charge in [0.15, 0.2) is 0 Å². The Morgan fingerprint density at radius 2 is 1.86 bits per heavy atom. The Labute approximate surface area is 131 Å². The number of rotatable bonds is 1. The van der Waals surface area contributed by atoms with Crippen molar-refractivity contribution in [3.8, 4) is 0 Å². The van der Waals surface area contributed by atoms with Gasteiger partial charge in [0.05, 0.1) is 11.7 Å². The molecule has 1 fully saturated rings. The second-order valence-corrected chi connectivity index (χ2v) is 7.42. The third-order valence-corrected chi connectivity index (χ3v) is 5.30. The molecule has 0 amide bonds. The normalized spacial score (nSPS) is 35.0. The quantitative estimate of drug-likeness (QED) is 0.427. The highest BCUT2D eigenvalue weighted by Gasteiger charge is 2.50. The number of hydrogen-bond donors (Lipinski definition) is 0. The van der Waals surface area contributed by atoms with E-state index in [2.05, 4.69) is 46.4 Å². The van der Waals surface area contributed by atoms with E-state index in [0.29, 0.717) is 12.0 Å². The van der Waals surface area contributed by atoms with Crippen molar-refractivity contribution in [2.75, 3.05) is 0 Å². The summed E-state index contributed by atoms with van der Waals surface area (Å²) >= 11 is 0. The lowest BCUT2D eigenvalue weighted by Crippen LogP contribution is -2.09. The predicted octanol–water partition coefficient (Wildman–Crippen LogP) is 5.97. The molecule has 0 saturated carbocycles. The highest BCUT2D eigenvalue weighted by molar-refractivity contribution is 5.10. The van der Waals surface area contributed by atoms with Crippen molar-refractivity contribution in [3.63, 3.8) is 0 Å². The minimum atomic E-state index is 0.154. The van der Waals surface area contributed by atoms with Crippen LogP contribution in [0.4, 0.5) is 0 Å². The molecular formula is C20H32O. The molecule has 21 heavy (non-hydrogen) atoms. The van der Waals surface area contributed by atoms with Crippen LogP contribution in [0.2, 0.25) is 0 Å². The standard InChI is InChI=1S/C20H32O/c1-15(2)18-11-8-16(3)7-6-14-20(5)19(21-20)13-10-17(4)9-12-18/h7,9,18-19H,1,6,8,10-14H2,2-5H3. The van der Waals surface area contributed by atoms with E-state index in [0.717, 1.165) is 12.8 Å². The van der Waals surface area contributed by atoms with Crippen LogP contribution in [0.3, 0.4) is 0 Å². The van der Waals surface area contributed by atoms with Crippen LogP contribution in [-0.4, -0.2) is 11.7 Å². The second-order valence-electron chi connectivity index (χ2n) is 7.42. The van der Waals surface area contributed by atoms with Crippen molar-refractivity contribution in [3.05, 3.63) is 35.5 Å². The van der Waals surface area contributed by atoms with Gasteiger partial charge in [-0.3, -0.25) is 0 Å². The van der Waals surface area contributed by atoms with E-state index in [1.165, 1.54) is 48.8 Å². The van der Waals surface area contributed by atoms with Crippen molar-refractivity contribution >= 4 is 0 Å². The monoisotopic (exact) mass is 288 g/mol. The summed E-state index contributed by atoms with van der Waals surface area (Å²) in [6, 6.07) is 0. The molecule has 0 N–H and O–H groups in total. The van der Waals surface area contributed by atoms with Crippen molar-refractivity contribution in [2.45, 2.75) is 84.3 Å². The number of fused-ring (bicyclic) bond motifs is 1. The summed E-state index contributed by atoms with van der Waals surface area (Å²) < 4.78 is 5.95. The first-order valence-corrected chi connectivity index (χ1v) is 8.55. The van der Waals surface area contributed by atoms with Gasteiger partial charge >= 0.3 is 0 Å². The molecule has 0 aromatic heterocycles. The molecular weight excluding hydrogens is 256 g/mol. The minimum Gasteiger partial charge on any atom is -0.366 e. The Balaban J connectivity index is 2.03. The predicted molar refractivity (Wildman–Crippen MR) is 91.4 cm³/mol. The Hall–Kier alpha value is -0.820. The van der Waals surface area contributed by atoms with E-state index in [4.69, 9.17) is 4.74 Å². The molecule has 1 nitrogen and oxygen atoms in total. The van der Waals surface area contributed by atoms with Crippen LogP contribution in [0.25, 0.3) is 0 Å². The average molecular weight is 288 g/mol. The molecule has 118 valence electrons. The molecule has 3 unspecified atom stereocenters. The zero-order valence-corrected chi connectivity index (χ0v) is 14.4. The molecule has 1 aliphatic carbocycles. The van der Waals surface area contributed by atoms with Gasteiger partial charge in [-0.05, 0) is 78.6 Å². The zero-order valence-electron chi connectivity index (χ0n) is 14.4. The molecule has 1 heterocycles. The number of ether oxygens (including phenoxy) is 1. The summed E-state index contributed by atoms with van der Waals surface area (Å²) in [6.07, 6.45) is 13.6. The number of hydrogen-bond acceptors (Lipinski definition) is 1. The first-order chi connectivity index (χ1) is 9.90. The van der Waals surface area contributed by atoms with E-state index in [9.17, 15) is 0 Å². The van der Waals surface area contributed by atoms with Crippen LogP contribution in [0.5, 0.6) is 0 Å².